The van der Waals surface area contributed by atoms with E-state index in [0.717, 1.165) is 19.1 Å². The van der Waals surface area contributed by atoms with Crippen molar-refractivity contribution in [2.45, 2.75) is 32.6 Å². The van der Waals surface area contributed by atoms with Crippen LogP contribution in [0.25, 0.3) is 0 Å². The number of aldehydes is 1. The summed E-state index contributed by atoms with van der Waals surface area (Å²) in [4.78, 5) is 9.68. The van der Waals surface area contributed by atoms with E-state index >= 15 is 0 Å². The van der Waals surface area contributed by atoms with Crippen molar-refractivity contribution >= 4 is 6.29 Å². The molecule has 0 aliphatic carbocycles. The SMILES string of the molecule is CCCCCC=O.[Y]. The zero-order valence-electron chi connectivity index (χ0n) is 5.39. The first-order valence-corrected chi connectivity index (χ1v) is 2.85. The van der Waals surface area contributed by atoms with Crippen molar-refractivity contribution in [3.63, 3.8) is 0 Å². The average molecular weight is 189 g/mol. The zero-order chi connectivity index (χ0) is 5.54. The van der Waals surface area contributed by atoms with Crippen LogP contribution in [-0.2, 0) is 37.5 Å². The average Bonchev–Trinajstić information content (AvgIpc) is 1.69. The largest absolute Gasteiger partial charge is 0.303 e. The molecule has 1 nitrogen and oxygen atoms in total. The van der Waals surface area contributed by atoms with Crippen LogP contribution in [0.15, 0.2) is 0 Å². The molecule has 0 aromatic rings. The van der Waals surface area contributed by atoms with E-state index in [-0.39, 0.29) is 32.7 Å². The van der Waals surface area contributed by atoms with Gasteiger partial charge in [0, 0.05) is 39.1 Å². The maximum Gasteiger partial charge on any atom is 0.119 e. The van der Waals surface area contributed by atoms with Crippen molar-refractivity contribution in [1.29, 1.82) is 0 Å². The molecule has 0 unspecified atom stereocenters. The molecule has 0 aliphatic heterocycles. The van der Waals surface area contributed by atoms with E-state index < -0.39 is 0 Å². The summed E-state index contributed by atoms with van der Waals surface area (Å²) in [5, 5.41) is 0. The zero-order valence-corrected chi connectivity index (χ0v) is 8.23. The predicted octanol–water partition coefficient (Wildman–Crippen LogP) is 1.76. The van der Waals surface area contributed by atoms with Crippen LogP contribution in [-0.4, -0.2) is 6.29 Å². The van der Waals surface area contributed by atoms with Gasteiger partial charge < -0.3 is 4.79 Å². The fraction of sp³-hybridized carbons (Fsp3) is 0.833. The fourth-order valence-electron chi connectivity index (χ4n) is 0.478. The molecule has 0 heterocycles. The van der Waals surface area contributed by atoms with Crippen molar-refractivity contribution in [2.24, 2.45) is 0 Å². The summed E-state index contributed by atoms with van der Waals surface area (Å²) in [5.74, 6) is 0. The Morgan fingerprint density at radius 3 is 2.38 bits per heavy atom. The van der Waals surface area contributed by atoms with Crippen molar-refractivity contribution in [1.82, 2.24) is 0 Å². The second kappa shape index (κ2) is 10.7. The molecule has 0 bridgehead atoms. The molecule has 0 aromatic heterocycles. The maximum absolute atomic E-state index is 9.68. The Balaban J connectivity index is 0. The monoisotopic (exact) mass is 189 g/mol. The van der Waals surface area contributed by atoms with Gasteiger partial charge in [-0.05, 0) is 6.42 Å². The molecule has 0 fully saturated rings. The Bertz CT molecular complexity index is 45.8. The summed E-state index contributed by atoms with van der Waals surface area (Å²) in [6, 6.07) is 0. The van der Waals surface area contributed by atoms with Gasteiger partial charge >= 0.3 is 0 Å². The van der Waals surface area contributed by atoms with Crippen LogP contribution in [0, 0.1) is 0 Å². The standard InChI is InChI=1S/C6H12O.Y/c1-2-3-4-5-6-7;/h6H,2-5H2,1H3;. The van der Waals surface area contributed by atoms with E-state index in [1.54, 1.807) is 0 Å². The first kappa shape index (κ1) is 11.6. The molecule has 45 valence electrons. The molecule has 0 rings (SSSR count). The number of carbonyl (C=O) groups excluding carboxylic acids is 1. The number of carbonyl (C=O) groups is 1. The van der Waals surface area contributed by atoms with Gasteiger partial charge in [0.25, 0.3) is 0 Å². The predicted molar refractivity (Wildman–Crippen MR) is 30.2 cm³/mol. The molecule has 0 amide bonds. The van der Waals surface area contributed by atoms with E-state index in [1.165, 1.54) is 12.8 Å². The van der Waals surface area contributed by atoms with Gasteiger partial charge in [-0.25, -0.2) is 0 Å². The van der Waals surface area contributed by atoms with Crippen molar-refractivity contribution in [3.05, 3.63) is 0 Å². The van der Waals surface area contributed by atoms with E-state index in [1.807, 2.05) is 0 Å². The molecule has 1 radical (unpaired) electrons. The Hall–Kier alpha value is 0.774. The molecule has 0 saturated heterocycles. The molecule has 0 spiro atoms. The third-order valence-corrected chi connectivity index (χ3v) is 0.926. The van der Waals surface area contributed by atoms with E-state index in [0.29, 0.717) is 0 Å². The summed E-state index contributed by atoms with van der Waals surface area (Å²) in [7, 11) is 0. The Morgan fingerprint density at radius 1 is 1.38 bits per heavy atom. The molecular weight excluding hydrogens is 177 g/mol. The summed E-state index contributed by atoms with van der Waals surface area (Å²) in [6.07, 6.45) is 5.19. The van der Waals surface area contributed by atoms with Gasteiger partial charge in [0.1, 0.15) is 6.29 Å². The topological polar surface area (TPSA) is 17.1 Å². The molecule has 0 N–H and O–H groups in total. The van der Waals surface area contributed by atoms with Gasteiger partial charge in [-0.15, -0.1) is 0 Å². The van der Waals surface area contributed by atoms with E-state index in [4.69, 9.17) is 0 Å². The third-order valence-electron chi connectivity index (χ3n) is 0.926. The van der Waals surface area contributed by atoms with Crippen molar-refractivity contribution in [3.8, 4) is 0 Å². The van der Waals surface area contributed by atoms with Crippen LogP contribution in [0.5, 0.6) is 0 Å². The van der Waals surface area contributed by atoms with E-state index in [2.05, 4.69) is 6.92 Å². The normalized spacial score (nSPS) is 7.62. The first-order chi connectivity index (χ1) is 3.41. The Labute approximate surface area is 76.1 Å². The molecule has 8 heavy (non-hydrogen) atoms. The minimum atomic E-state index is 0. The van der Waals surface area contributed by atoms with Crippen molar-refractivity contribution in [2.75, 3.05) is 0 Å². The fourth-order valence-corrected chi connectivity index (χ4v) is 0.478. The van der Waals surface area contributed by atoms with E-state index in [9.17, 15) is 4.79 Å². The van der Waals surface area contributed by atoms with Gasteiger partial charge in [0.15, 0.2) is 0 Å². The molecule has 0 aliphatic rings. The second-order valence-electron chi connectivity index (χ2n) is 1.66. The van der Waals surface area contributed by atoms with Crippen LogP contribution in [0.2, 0.25) is 0 Å². The summed E-state index contributed by atoms with van der Waals surface area (Å²) < 4.78 is 0. The number of hydrogen-bond donors (Lipinski definition) is 0. The summed E-state index contributed by atoms with van der Waals surface area (Å²) >= 11 is 0. The van der Waals surface area contributed by atoms with Crippen LogP contribution in [0.4, 0.5) is 0 Å². The number of unbranched alkanes of at least 4 members (excludes halogenated alkanes) is 3. The molecule has 0 aromatic carbocycles. The Kier molecular flexibility index (Phi) is 15.5. The van der Waals surface area contributed by atoms with Crippen LogP contribution < -0.4 is 0 Å². The third kappa shape index (κ3) is 9.91. The molecule has 0 saturated carbocycles. The first-order valence-electron chi connectivity index (χ1n) is 2.85. The van der Waals surface area contributed by atoms with Crippen LogP contribution in [0.3, 0.4) is 0 Å². The van der Waals surface area contributed by atoms with Gasteiger partial charge in [0.05, 0.1) is 0 Å². The van der Waals surface area contributed by atoms with Crippen LogP contribution >= 0.6 is 0 Å². The van der Waals surface area contributed by atoms with Crippen molar-refractivity contribution < 1.29 is 37.5 Å². The quantitative estimate of drug-likeness (QED) is 0.486. The maximum atomic E-state index is 9.68. The van der Waals surface area contributed by atoms with Gasteiger partial charge in [0.2, 0.25) is 0 Å². The van der Waals surface area contributed by atoms with Gasteiger partial charge in [-0.1, -0.05) is 19.8 Å². The minimum absolute atomic E-state index is 0. The Morgan fingerprint density at radius 2 is 2.00 bits per heavy atom. The number of rotatable bonds is 4. The molecule has 2 heteroatoms. The summed E-state index contributed by atoms with van der Waals surface area (Å²) in [5.41, 5.74) is 0. The minimum Gasteiger partial charge on any atom is -0.303 e. The molecule has 0 atom stereocenters. The smallest absolute Gasteiger partial charge is 0.119 e. The molecular formula is C6H12OY. The van der Waals surface area contributed by atoms with Crippen LogP contribution in [0.1, 0.15) is 32.6 Å². The number of hydrogen-bond acceptors (Lipinski definition) is 1. The second-order valence-corrected chi connectivity index (χ2v) is 1.66. The van der Waals surface area contributed by atoms with Gasteiger partial charge in [-0.2, -0.15) is 0 Å². The summed E-state index contributed by atoms with van der Waals surface area (Å²) in [6.45, 7) is 2.13. The van der Waals surface area contributed by atoms with Gasteiger partial charge in [-0.3, -0.25) is 0 Å².